The molecule has 1 aromatic carbocycles. The van der Waals surface area contributed by atoms with Crippen molar-refractivity contribution in [3.05, 3.63) is 51.6 Å². The third-order valence-corrected chi connectivity index (χ3v) is 5.17. The van der Waals surface area contributed by atoms with Crippen LogP contribution in [0.25, 0.3) is 11.3 Å². The maximum Gasteiger partial charge on any atom is 0.164 e. The first-order valence-corrected chi connectivity index (χ1v) is 8.89. The molecule has 0 bridgehead atoms. The summed E-state index contributed by atoms with van der Waals surface area (Å²) in [6, 6.07) is 12.0. The molecule has 0 aliphatic carbocycles. The summed E-state index contributed by atoms with van der Waals surface area (Å²) in [7, 11) is 0. The van der Waals surface area contributed by atoms with Gasteiger partial charge >= 0.3 is 0 Å². The fourth-order valence-electron chi connectivity index (χ4n) is 3.04. The van der Waals surface area contributed by atoms with Gasteiger partial charge in [0.2, 0.25) is 0 Å². The highest BCUT2D eigenvalue weighted by molar-refractivity contribution is 7.71. The Kier molecular flexibility index (Phi) is 5.93. The lowest BCUT2D eigenvalue weighted by Crippen LogP contribution is -2.56. The summed E-state index contributed by atoms with van der Waals surface area (Å²) in [5, 5.41) is 49.9. The van der Waals surface area contributed by atoms with Crippen molar-refractivity contribution in [3.8, 4) is 17.3 Å². The van der Waals surface area contributed by atoms with Crippen molar-refractivity contribution >= 4 is 23.8 Å². The van der Waals surface area contributed by atoms with E-state index in [1.165, 1.54) is 4.57 Å². The zero-order chi connectivity index (χ0) is 19.7. The Morgan fingerprint density at radius 2 is 1.74 bits per heavy atom. The summed E-state index contributed by atoms with van der Waals surface area (Å²) in [6.45, 7) is -0.566. The number of aliphatic hydroxyl groups is 4. The molecule has 0 saturated carbocycles. The zero-order valence-electron chi connectivity index (χ0n) is 13.9. The predicted molar refractivity (Wildman–Crippen MR) is 99.4 cm³/mol. The summed E-state index contributed by atoms with van der Waals surface area (Å²) in [6.07, 6.45) is -6.90. The molecule has 5 atom stereocenters. The number of nitriles is 1. The number of benzene rings is 1. The van der Waals surface area contributed by atoms with Gasteiger partial charge in [0.15, 0.2) is 6.23 Å². The van der Waals surface area contributed by atoms with Gasteiger partial charge in [0.25, 0.3) is 0 Å². The normalized spacial score (nSPS) is 27.9. The third kappa shape index (κ3) is 3.63. The van der Waals surface area contributed by atoms with E-state index >= 15 is 0 Å². The Morgan fingerprint density at radius 1 is 1.07 bits per heavy atom. The lowest BCUT2D eigenvalue weighted by molar-refractivity contribution is -0.251. The maximum absolute atomic E-state index is 10.5. The van der Waals surface area contributed by atoms with Crippen molar-refractivity contribution in [1.82, 2.24) is 4.57 Å². The number of rotatable bonds is 3. The third-order valence-electron chi connectivity index (χ3n) is 4.50. The summed E-state index contributed by atoms with van der Waals surface area (Å²) in [5.41, 5.74) is 1.38. The number of hydrogen-bond acceptors (Lipinski definition) is 7. The Bertz CT molecular complexity index is 925. The average Bonchev–Trinajstić information content (AvgIpc) is 2.67. The van der Waals surface area contributed by atoms with Crippen LogP contribution in [-0.4, -0.2) is 56.0 Å². The van der Waals surface area contributed by atoms with E-state index in [9.17, 15) is 25.7 Å². The van der Waals surface area contributed by atoms with Gasteiger partial charge in [0.05, 0.1) is 17.9 Å². The average molecular weight is 409 g/mol. The molecule has 9 heteroatoms. The second kappa shape index (κ2) is 8.04. The van der Waals surface area contributed by atoms with E-state index in [2.05, 4.69) is 0 Å². The molecule has 0 spiro atoms. The monoisotopic (exact) mass is 408 g/mol. The molecule has 1 saturated heterocycles. The quantitative estimate of drug-likeness (QED) is 0.566. The molecule has 2 heterocycles. The van der Waals surface area contributed by atoms with Gasteiger partial charge in [0, 0.05) is 5.02 Å². The van der Waals surface area contributed by atoms with Crippen LogP contribution in [0.5, 0.6) is 0 Å². The summed E-state index contributed by atoms with van der Waals surface area (Å²) >= 11 is 11.3. The molecular formula is C18H17ClN2O5S. The highest BCUT2D eigenvalue weighted by Crippen LogP contribution is 2.33. The molecule has 7 nitrogen and oxygen atoms in total. The van der Waals surface area contributed by atoms with Gasteiger partial charge in [-0.05, 0) is 29.8 Å². The van der Waals surface area contributed by atoms with Gasteiger partial charge in [-0.25, -0.2) is 0 Å². The van der Waals surface area contributed by atoms with E-state index in [1.54, 1.807) is 36.4 Å². The van der Waals surface area contributed by atoms with Crippen LogP contribution in [0.3, 0.4) is 0 Å². The smallest absolute Gasteiger partial charge is 0.164 e. The second-order valence-corrected chi connectivity index (χ2v) is 6.97. The summed E-state index contributed by atoms with van der Waals surface area (Å²) in [4.78, 5) is 0. The Labute approximate surface area is 165 Å². The Hall–Kier alpha value is -1.83. The number of hydrogen-bond donors (Lipinski definition) is 4. The van der Waals surface area contributed by atoms with Gasteiger partial charge in [-0.15, -0.1) is 0 Å². The van der Waals surface area contributed by atoms with Crippen LogP contribution in [-0.2, 0) is 4.74 Å². The van der Waals surface area contributed by atoms with Crippen LogP contribution in [0.1, 0.15) is 11.8 Å². The van der Waals surface area contributed by atoms with E-state index in [4.69, 9.17) is 28.6 Å². The second-order valence-electron chi connectivity index (χ2n) is 6.15. The first-order chi connectivity index (χ1) is 12.9. The first-order valence-electron chi connectivity index (χ1n) is 8.11. The van der Waals surface area contributed by atoms with Crippen molar-refractivity contribution in [2.24, 2.45) is 0 Å². The van der Waals surface area contributed by atoms with Crippen molar-refractivity contribution in [3.63, 3.8) is 0 Å². The van der Waals surface area contributed by atoms with Gasteiger partial charge < -0.3 is 29.7 Å². The van der Waals surface area contributed by atoms with Gasteiger partial charge in [0.1, 0.15) is 35.1 Å². The minimum absolute atomic E-state index is 0.0919. The molecular weight excluding hydrogens is 392 g/mol. The van der Waals surface area contributed by atoms with Crippen LogP contribution < -0.4 is 0 Å². The molecule has 1 fully saturated rings. The van der Waals surface area contributed by atoms with Crippen LogP contribution in [0, 0.1) is 16.0 Å². The van der Waals surface area contributed by atoms with Crippen molar-refractivity contribution in [2.75, 3.05) is 6.61 Å². The number of pyridine rings is 1. The highest BCUT2D eigenvalue weighted by Gasteiger charge is 2.44. The maximum atomic E-state index is 10.5. The largest absolute Gasteiger partial charge is 0.394 e. The molecule has 4 N–H and O–H groups in total. The summed E-state index contributed by atoms with van der Waals surface area (Å²) < 4.78 is 7.13. The van der Waals surface area contributed by atoms with Gasteiger partial charge in [-0.2, -0.15) is 5.26 Å². The minimum Gasteiger partial charge on any atom is -0.394 e. The van der Waals surface area contributed by atoms with Crippen LogP contribution in [0.2, 0.25) is 5.02 Å². The van der Waals surface area contributed by atoms with Crippen molar-refractivity contribution in [1.29, 1.82) is 5.26 Å². The Balaban J connectivity index is 2.19. The van der Waals surface area contributed by atoms with E-state index in [0.29, 0.717) is 16.3 Å². The fourth-order valence-corrected chi connectivity index (χ4v) is 3.48. The molecule has 1 aliphatic heterocycles. The molecule has 0 amide bonds. The lowest BCUT2D eigenvalue weighted by Gasteiger charge is -2.41. The molecule has 1 aliphatic rings. The van der Waals surface area contributed by atoms with Crippen LogP contribution >= 0.6 is 23.8 Å². The topological polar surface area (TPSA) is 119 Å². The molecule has 0 unspecified atom stereocenters. The van der Waals surface area contributed by atoms with Gasteiger partial charge in [-0.1, -0.05) is 36.0 Å². The molecule has 3 rings (SSSR count). The van der Waals surface area contributed by atoms with Crippen LogP contribution in [0.15, 0.2) is 36.4 Å². The molecule has 142 valence electrons. The van der Waals surface area contributed by atoms with Crippen molar-refractivity contribution < 1.29 is 25.2 Å². The van der Waals surface area contributed by atoms with E-state index in [0.717, 1.165) is 0 Å². The number of aromatic nitrogens is 1. The zero-order valence-corrected chi connectivity index (χ0v) is 15.5. The molecule has 0 radical (unpaired) electrons. The van der Waals surface area contributed by atoms with Gasteiger partial charge in [-0.3, -0.25) is 0 Å². The van der Waals surface area contributed by atoms with E-state index < -0.39 is 37.3 Å². The lowest BCUT2D eigenvalue weighted by atomic mass is 9.97. The molecule has 2 aromatic rings. The first kappa shape index (κ1) is 19.9. The van der Waals surface area contributed by atoms with E-state index in [1.807, 2.05) is 6.07 Å². The SMILES string of the molecule is N#Cc1ccc(-c2ccc(Cl)cc2)n([C@@H]2O[C@@H](CO)[C@@H](O)[C@@H](O)[C@H]2O)c1=S. The van der Waals surface area contributed by atoms with Crippen LogP contribution in [0.4, 0.5) is 0 Å². The number of aliphatic hydroxyl groups excluding tert-OH is 4. The molecule has 27 heavy (non-hydrogen) atoms. The Morgan fingerprint density at radius 3 is 2.33 bits per heavy atom. The summed E-state index contributed by atoms with van der Waals surface area (Å²) in [5.74, 6) is 0. The standard InChI is InChI=1S/C18H17ClN2O5S/c19-11-4-1-9(2-5-11)12-6-3-10(7-20)18(27)21(12)17-16(25)15(24)14(23)13(8-22)26-17/h1-6,13-17,22-25H,8H2/t13-,14+,15+,16+,17+/m0/s1. The number of ether oxygens (including phenoxy) is 1. The number of nitrogens with zero attached hydrogens (tertiary/aromatic N) is 2. The molecule has 1 aromatic heterocycles. The predicted octanol–water partition coefficient (Wildman–Crippen LogP) is 1.38. The fraction of sp³-hybridized carbons (Fsp3) is 0.333. The number of halogens is 1. The van der Waals surface area contributed by atoms with E-state index in [-0.39, 0.29) is 10.2 Å². The van der Waals surface area contributed by atoms with Crippen molar-refractivity contribution in [2.45, 2.75) is 30.6 Å². The minimum atomic E-state index is -1.56. The highest BCUT2D eigenvalue weighted by atomic mass is 35.5.